The fourth-order valence-electron chi connectivity index (χ4n) is 1.33. The van der Waals surface area contributed by atoms with Gasteiger partial charge in [-0.2, -0.15) is 0 Å². The number of amides is 1. The Morgan fingerprint density at radius 1 is 1.28 bits per heavy atom. The minimum Gasteiger partial charge on any atom is -0.317 e. The lowest BCUT2D eigenvalue weighted by molar-refractivity contribution is 0.102. The topological polar surface area (TPSA) is 42.0 Å². The van der Waals surface area contributed by atoms with Crippen molar-refractivity contribution in [3.8, 4) is 0 Å². The van der Waals surface area contributed by atoms with Gasteiger partial charge in [0.2, 0.25) is 0 Å². The van der Waals surface area contributed by atoms with E-state index in [1.807, 2.05) is 0 Å². The fraction of sp³-hybridized carbons (Fsp3) is 0. The molecule has 0 saturated carbocycles. The maximum absolute atomic E-state index is 13.5. The molecule has 0 aliphatic carbocycles. The number of halogens is 3. The van der Waals surface area contributed by atoms with Crippen LogP contribution in [-0.2, 0) is 0 Å². The average molecular weight is 330 g/mol. The molecular formula is C12H7BrClFN2O. The van der Waals surface area contributed by atoms with Gasteiger partial charge in [-0.15, -0.1) is 0 Å². The molecule has 6 heteroatoms. The smallest absolute Gasteiger partial charge is 0.274 e. The summed E-state index contributed by atoms with van der Waals surface area (Å²) in [5.74, 6) is -1.05. The third-order valence-corrected chi connectivity index (χ3v) is 3.02. The molecular weight excluding hydrogens is 323 g/mol. The van der Waals surface area contributed by atoms with E-state index in [0.717, 1.165) is 0 Å². The first-order valence-electron chi connectivity index (χ1n) is 4.96. The summed E-state index contributed by atoms with van der Waals surface area (Å²) in [6.45, 7) is 0. The van der Waals surface area contributed by atoms with E-state index in [1.165, 1.54) is 18.2 Å². The summed E-state index contributed by atoms with van der Waals surface area (Å²) in [5.41, 5.74) is 0.196. The lowest BCUT2D eigenvalue weighted by Gasteiger charge is -2.07. The third-order valence-electron chi connectivity index (χ3n) is 2.15. The van der Waals surface area contributed by atoms with E-state index in [4.69, 9.17) is 11.6 Å². The molecule has 0 bridgehead atoms. The summed E-state index contributed by atoms with van der Waals surface area (Å²) < 4.78 is 14.0. The van der Waals surface area contributed by atoms with Crippen LogP contribution >= 0.6 is 27.5 Å². The van der Waals surface area contributed by atoms with Gasteiger partial charge in [-0.05, 0) is 40.2 Å². The van der Waals surface area contributed by atoms with Crippen molar-refractivity contribution in [3.63, 3.8) is 0 Å². The molecule has 0 atom stereocenters. The predicted molar refractivity (Wildman–Crippen MR) is 71.3 cm³/mol. The second-order valence-electron chi connectivity index (χ2n) is 3.40. The molecule has 0 spiro atoms. The first-order chi connectivity index (χ1) is 8.58. The Hall–Kier alpha value is -1.46. The third kappa shape index (κ3) is 2.86. The maximum atomic E-state index is 13.5. The van der Waals surface area contributed by atoms with Gasteiger partial charge in [0.05, 0.1) is 5.69 Å². The maximum Gasteiger partial charge on any atom is 0.274 e. The number of rotatable bonds is 2. The number of pyridine rings is 1. The van der Waals surface area contributed by atoms with Crippen molar-refractivity contribution in [1.82, 2.24) is 4.98 Å². The number of nitrogens with zero attached hydrogens (tertiary/aromatic N) is 1. The van der Waals surface area contributed by atoms with Crippen molar-refractivity contribution >= 4 is 39.1 Å². The van der Waals surface area contributed by atoms with E-state index < -0.39 is 11.7 Å². The zero-order valence-corrected chi connectivity index (χ0v) is 11.3. The Morgan fingerprint density at radius 3 is 2.67 bits per heavy atom. The zero-order chi connectivity index (χ0) is 13.1. The van der Waals surface area contributed by atoms with Gasteiger partial charge in [0, 0.05) is 4.47 Å². The first-order valence-corrected chi connectivity index (χ1v) is 6.13. The minimum atomic E-state index is -0.528. The molecule has 0 aliphatic heterocycles. The van der Waals surface area contributed by atoms with Crippen LogP contribution in [0.2, 0.25) is 5.15 Å². The molecule has 1 amide bonds. The summed E-state index contributed by atoms with van der Waals surface area (Å²) >= 11 is 8.84. The second-order valence-corrected chi connectivity index (χ2v) is 4.64. The Bertz CT molecular complexity index is 586. The molecule has 1 heterocycles. The molecule has 2 rings (SSSR count). The monoisotopic (exact) mass is 328 g/mol. The number of anilines is 1. The molecule has 1 N–H and O–H groups in total. The number of benzene rings is 1. The summed E-state index contributed by atoms with van der Waals surface area (Å²) in [6, 6.07) is 9.07. The molecule has 0 radical (unpaired) electrons. The normalized spacial score (nSPS) is 10.2. The molecule has 92 valence electrons. The molecule has 0 fully saturated rings. The standard InChI is InChI=1S/C12H7BrClFN2O/c13-7-3-1-4-8(15)11(7)17-12(18)9-5-2-6-10(14)16-9/h1-6H,(H,17,18). The van der Waals surface area contributed by atoms with Crippen molar-refractivity contribution in [2.75, 3.05) is 5.32 Å². The first kappa shape index (κ1) is 13.0. The van der Waals surface area contributed by atoms with E-state index in [-0.39, 0.29) is 16.5 Å². The van der Waals surface area contributed by atoms with E-state index in [1.54, 1.807) is 18.2 Å². The molecule has 0 unspecified atom stereocenters. The molecule has 0 aliphatic rings. The van der Waals surface area contributed by atoms with Crippen molar-refractivity contribution in [1.29, 1.82) is 0 Å². The van der Waals surface area contributed by atoms with Gasteiger partial charge in [-0.1, -0.05) is 23.7 Å². The van der Waals surface area contributed by atoms with Crippen molar-refractivity contribution in [2.24, 2.45) is 0 Å². The van der Waals surface area contributed by atoms with E-state index >= 15 is 0 Å². The van der Waals surface area contributed by atoms with Crippen LogP contribution < -0.4 is 5.32 Å². The molecule has 2 aromatic rings. The Morgan fingerprint density at radius 2 is 2.00 bits per heavy atom. The van der Waals surface area contributed by atoms with Crippen LogP contribution in [0.15, 0.2) is 40.9 Å². The van der Waals surface area contributed by atoms with E-state index in [9.17, 15) is 9.18 Å². The van der Waals surface area contributed by atoms with Crippen molar-refractivity contribution < 1.29 is 9.18 Å². The Kier molecular flexibility index (Phi) is 3.93. The van der Waals surface area contributed by atoms with Gasteiger partial charge in [-0.3, -0.25) is 4.79 Å². The lowest BCUT2D eigenvalue weighted by atomic mass is 10.3. The quantitative estimate of drug-likeness (QED) is 0.849. The van der Waals surface area contributed by atoms with E-state index in [2.05, 4.69) is 26.2 Å². The van der Waals surface area contributed by atoms with Crippen molar-refractivity contribution in [3.05, 3.63) is 57.5 Å². The highest BCUT2D eigenvalue weighted by Gasteiger charge is 2.13. The minimum absolute atomic E-state index is 0.0734. The number of hydrogen-bond donors (Lipinski definition) is 1. The summed E-state index contributed by atoms with van der Waals surface area (Å²) in [4.78, 5) is 15.7. The predicted octanol–water partition coefficient (Wildman–Crippen LogP) is 3.89. The Balaban J connectivity index is 2.27. The molecule has 3 nitrogen and oxygen atoms in total. The van der Waals surface area contributed by atoms with Crippen molar-refractivity contribution in [2.45, 2.75) is 0 Å². The highest BCUT2D eigenvalue weighted by atomic mass is 79.9. The molecule has 1 aromatic carbocycles. The van der Waals surface area contributed by atoms with Gasteiger partial charge in [0.25, 0.3) is 5.91 Å². The van der Waals surface area contributed by atoms with E-state index in [0.29, 0.717) is 4.47 Å². The van der Waals surface area contributed by atoms with Crippen LogP contribution in [0.1, 0.15) is 10.5 Å². The van der Waals surface area contributed by atoms with Gasteiger partial charge >= 0.3 is 0 Å². The van der Waals surface area contributed by atoms with Crippen LogP contribution in [-0.4, -0.2) is 10.9 Å². The summed E-state index contributed by atoms with van der Waals surface area (Å²) in [7, 11) is 0. The number of para-hydroxylation sites is 1. The van der Waals surface area contributed by atoms with Crippen LogP contribution in [0.4, 0.5) is 10.1 Å². The SMILES string of the molecule is O=C(Nc1c(F)cccc1Br)c1cccc(Cl)n1. The highest BCUT2D eigenvalue weighted by Crippen LogP contribution is 2.25. The van der Waals surface area contributed by atoms with Gasteiger partial charge in [0.15, 0.2) is 0 Å². The number of hydrogen-bond acceptors (Lipinski definition) is 2. The summed E-state index contributed by atoms with van der Waals surface area (Å²) in [5, 5.41) is 2.64. The van der Waals surface area contributed by atoms with Crippen LogP contribution in [0.25, 0.3) is 0 Å². The van der Waals surface area contributed by atoms with Gasteiger partial charge < -0.3 is 5.32 Å². The lowest BCUT2D eigenvalue weighted by Crippen LogP contribution is -2.15. The molecule has 18 heavy (non-hydrogen) atoms. The zero-order valence-electron chi connectivity index (χ0n) is 8.95. The van der Waals surface area contributed by atoms with Crippen LogP contribution in [0, 0.1) is 5.82 Å². The number of aromatic nitrogens is 1. The molecule has 0 saturated heterocycles. The fourth-order valence-corrected chi connectivity index (χ4v) is 1.93. The van der Waals surface area contributed by atoms with Gasteiger partial charge in [-0.25, -0.2) is 9.37 Å². The summed E-state index contributed by atoms with van der Waals surface area (Å²) in [6.07, 6.45) is 0. The average Bonchev–Trinajstić information content (AvgIpc) is 2.34. The second kappa shape index (κ2) is 5.46. The Labute approximate surface area is 116 Å². The highest BCUT2D eigenvalue weighted by molar-refractivity contribution is 9.10. The number of carbonyl (C=O) groups is 1. The van der Waals surface area contributed by atoms with Crippen LogP contribution in [0.5, 0.6) is 0 Å². The number of nitrogens with one attached hydrogen (secondary N) is 1. The van der Waals surface area contributed by atoms with Crippen LogP contribution in [0.3, 0.4) is 0 Å². The molecule has 1 aromatic heterocycles. The largest absolute Gasteiger partial charge is 0.317 e. The van der Waals surface area contributed by atoms with Gasteiger partial charge in [0.1, 0.15) is 16.7 Å². The number of carbonyl (C=O) groups excluding carboxylic acids is 1.